The second kappa shape index (κ2) is 5.12. The molecule has 0 fully saturated rings. The van der Waals surface area contributed by atoms with Crippen LogP contribution in [0.2, 0.25) is 5.02 Å². The lowest BCUT2D eigenvalue weighted by molar-refractivity contribution is 0.477. The molecule has 18 heavy (non-hydrogen) atoms. The summed E-state index contributed by atoms with van der Waals surface area (Å²) in [7, 11) is 0. The fourth-order valence-corrected chi connectivity index (χ4v) is 1.83. The minimum absolute atomic E-state index is 0.507. The molecule has 0 radical (unpaired) electrons. The molecule has 2 rings (SSSR count). The van der Waals surface area contributed by atoms with Crippen molar-refractivity contribution in [2.45, 2.75) is 13.8 Å². The number of aryl methyl sites for hydroxylation is 2. The summed E-state index contributed by atoms with van der Waals surface area (Å²) < 4.78 is 5.79. The first-order chi connectivity index (χ1) is 8.61. The van der Waals surface area contributed by atoms with Gasteiger partial charge in [0.15, 0.2) is 0 Å². The van der Waals surface area contributed by atoms with Crippen LogP contribution in [0.1, 0.15) is 16.7 Å². The lowest BCUT2D eigenvalue weighted by Gasteiger charge is -2.12. The summed E-state index contributed by atoms with van der Waals surface area (Å²) in [5.41, 5.74) is 2.47. The highest BCUT2D eigenvalue weighted by Gasteiger charge is 2.10. The van der Waals surface area contributed by atoms with Gasteiger partial charge in [0, 0.05) is 0 Å². The van der Waals surface area contributed by atoms with E-state index in [2.05, 4.69) is 6.07 Å². The van der Waals surface area contributed by atoms with Crippen molar-refractivity contribution in [3.05, 3.63) is 58.1 Å². The van der Waals surface area contributed by atoms with Gasteiger partial charge < -0.3 is 4.74 Å². The van der Waals surface area contributed by atoms with E-state index in [1.807, 2.05) is 38.1 Å². The van der Waals surface area contributed by atoms with Crippen molar-refractivity contribution in [1.82, 2.24) is 0 Å². The minimum atomic E-state index is 0.507. The normalized spacial score (nSPS) is 9.89. The van der Waals surface area contributed by atoms with Crippen LogP contribution in [0.25, 0.3) is 0 Å². The first-order valence-electron chi connectivity index (χ1n) is 5.55. The van der Waals surface area contributed by atoms with E-state index < -0.39 is 0 Å². The quantitative estimate of drug-likeness (QED) is 0.786. The summed E-state index contributed by atoms with van der Waals surface area (Å²) in [5.74, 6) is 1.13. The molecule has 0 bridgehead atoms. The van der Waals surface area contributed by atoms with Gasteiger partial charge in [-0.25, -0.2) is 0 Å². The largest absolute Gasteiger partial charge is 0.454 e. The summed E-state index contributed by atoms with van der Waals surface area (Å²) in [6.45, 7) is 3.87. The van der Waals surface area contributed by atoms with Crippen LogP contribution < -0.4 is 4.74 Å². The third-order valence-corrected chi connectivity index (χ3v) is 2.94. The standard InChI is InChI=1S/C15H12ClNO/c1-10-6-7-13(16)14(8-10)18-15-11(2)4-3-5-12(15)9-17/h3-8H,1-2H3. The number of para-hydroxylation sites is 1. The SMILES string of the molecule is Cc1ccc(Cl)c(Oc2c(C)cccc2C#N)c1. The summed E-state index contributed by atoms with van der Waals surface area (Å²) >= 11 is 6.09. The number of nitrogens with zero attached hydrogens (tertiary/aromatic N) is 1. The lowest BCUT2D eigenvalue weighted by atomic mass is 10.1. The van der Waals surface area contributed by atoms with Crippen LogP contribution in [-0.4, -0.2) is 0 Å². The van der Waals surface area contributed by atoms with Crippen LogP contribution in [0, 0.1) is 25.2 Å². The number of rotatable bonds is 2. The molecule has 3 heteroatoms. The average Bonchev–Trinajstić information content (AvgIpc) is 2.36. The Morgan fingerprint density at radius 3 is 2.67 bits per heavy atom. The Bertz CT molecular complexity index is 629. The van der Waals surface area contributed by atoms with E-state index in [1.165, 1.54) is 0 Å². The molecule has 0 unspecified atom stereocenters. The molecular weight excluding hydrogens is 246 g/mol. The summed E-state index contributed by atoms with van der Waals surface area (Å²) in [4.78, 5) is 0. The zero-order valence-corrected chi connectivity index (χ0v) is 11.0. The van der Waals surface area contributed by atoms with Crippen molar-refractivity contribution in [3.63, 3.8) is 0 Å². The fraction of sp³-hybridized carbons (Fsp3) is 0.133. The maximum atomic E-state index is 9.08. The number of nitriles is 1. The van der Waals surface area contributed by atoms with Gasteiger partial charge in [-0.3, -0.25) is 0 Å². The van der Waals surface area contributed by atoms with E-state index in [1.54, 1.807) is 12.1 Å². The number of ether oxygens (including phenoxy) is 1. The van der Waals surface area contributed by atoms with Gasteiger partial charge in [0.05, 0.1) is 10.6 Å². The molecule has 0 heterocycles. The van der Waals surface area contributed by atoms with E-state index in [4.69, 9.17) is 21.6 Å². The highest BCUT2D eigenvalue weighted by atomic mass is 35.5. The fourth-order valence-electron chi connectivity index (χ4n) is 1.67. The maximum absolute atomic E-state index is 9.08. The van der Waals surface area contributed by atoms with Crippen molar-refractivity contribution in [2.75, 3.05) is 0 Å². The van der Waals surface area contributed by atoms with Gasteiger partial charge in [0.1, 0.15) is 17.6 Å². The molecule has 0 amide bonds. The topological polar surface area (TPSA) is 33.0 Å². The van der Waals surface area contributed by atoms with Gasteiger partial charge in [0.2, 0.25) is 0 Å². The van der Waals surface area contributed by atoms with E-state index in [-0.39, 0.29) is 0 Å². The van der Waals surface area contributed by atoms with Gasteiger partial charge in [-0.05, 0) is 43.2 Å². The third-order valence-electron chi connectivity index (χ3n) is 2.63. The zero-order chi connectivity index (χ0) is 13.1. The van der Waals surface area contributed by atoms with Gasteiger partial charge >= 0.3 is 0 Å². The number of hydrogen-bond donors (Lipinski definition) is 0. The monoisotopic (exact) mass is 257 g/mol. The summed E-state index contributed by atoms with van der Waals surface area (Å²) in [5, 5.41) is 9.62. The van der Waals surface area contributed by atoms with Crippen molar-refractivity contribution < 1.29 is 4.74 Å². The Balaban J connectivity index is 2.46. The Morgan fingerprint density at radius 1 is 1.17 bits per heavy atom. The van der Waals surface area contributed by atoms with E-state index in [0.717, 1.165) is 11.1 Å². The number of hydrogen-bond acceptors (Lipinski definition) is 2. The van der Waals surface area contributed by atoms with E-state index in [9.17, 15) is 0 Å². The molecular formula is C15H12ClNO. The van der Waals surface area contributed by atoms with Crippen molar-refractivity contribution >= 4 is 11.6 Å². The molecule has 0 aliphatic rings. The first kappa shape index (κ1) is 12.5. The van der Waals surface area contributed by atoms with Gasteiger partial charge in [-0.15, -0.1) is 0 Å². The number of halogens is 1. The second-order valence-electron chi connectivity index (χ2n) is 4.10. The Kier molecular flexibility index (Phi) is 3.55. The predicted octanol–water partition coefficient (Wildman–Crippen LogP) is 4.62. The van der Waals surface area contributed by atoms with Crippen LogP contribution in [-0.2, 0) is 0 Å². The number of benzene rings is 2. The minimum Gasteiger partial charge on any atom is -0.454 e. The van der Waals surface area contributed by atoms with Gasteiger partial charge in [-0.1, -0.05) is 29.8 Å². The smallest absolute Gasteiger partial charge is 0.148 e. The first-order valence-corrected chi connectivity index (χ1v) is 5.93. The summed E-state index contributed by atoms with van der Waals surface area (Å²) in [6.07, 6.45) is 0. The third kappa shape index (κ3) is 2.47. The molecule has 2 aromatic rings. The van der Waals surface area contributed by atoms with E-state index in [0.29, 0.717) is 22.1 Å². The lowest BCUT2D eigenvalue weighted by Crippen LogP contribution is -1.92. The Labute approximate surface area is 111 Å². The van der Waals surface area contributed by atoms with Crippen LogP contribution in [0.15, 0.2) is 36.4 Å². The Morgan fingerprint density at radius 2 is 1.94 bits per heavy atom. The van der Waals surface area contributed by atoms with Crippen LogP contribution in [0.4, 0.5) is 0 Å². The van der Waals surface area contributed by atoms with Crippen LogP contribution in [0.3, 0.4) is 0 Å². The molecule has 0 aromatic heterocycles. The highest BCUT2D eigenvalue weighted by Crippen LogP contribution is 2.33. The van der Waals surface area contributed by atoms with E-state index >= 15 is 0 Å². The molecule has 0 saturated heterocycles. The van der Waals surface area contributed by atoms with Gasteiger partial charge in [0.25, 0.3) is 0 Å². The maximum Gasteiger partial charge on any atom is 0.148 e. The van der Waals surface area contributed by atoms with Crippen LogP contribution >= 0.6 is 11.6 Å². The molecule has 90 valence electrons. The second-order valence-corrected chi connectivity index (χ2v) is 4.51. The van der Waals surface area contributed by atoms with Crippen molar-refractivity contribution in [2.24, 2.45) is 0 Å². The molecule has 2 nitrogen and oxygen atoms in total. The molecule has 0 atom stereocenters. The van der Waals surface area contributed by atoms with Crippen LogP contribution in [0.5, 0.6) is 11.5 Å². The van der Waals surface area contributed by atoms with Gasteiger partial charge in [-0.2, -0.15) is 5.26 Å². The Hall–Kier alpha value is -1.98. The predicted molar refractivity (Wildman–Crippen MR) is 72.2 cm³/mol. The van der Waals surface area contributed by atoms with Crippen molar-refractivity contribution in [3.8, 4) is 17.6 Å². The average molecular weight is 258 g/mol. The molecule has 0 aliphatic carbocycles. The summed E-state index contributed by atoms with van der Waals surface area (Å²) in [6, 6.07) is 13.1. The molecule has 2 aromatic carbocycles. The molecule has 0 spiro atoms. The molecule has 0 N–H and O–H groups in total. The van der Waals surface area contributed by atoms with Crippen molar-refractivity contribution in [1.29, 1.82) is 5.26 Å². The molecule has 0 aliphatic heterocycles. The highest BCUT2D eigenvalue weighted by molar-refractivity contribution is 6.32. The zero-order valence-electron chi connectivity index (χ0n) is 10.2. The molecule has 0 saturated carbocycles.